The van der Waals surface area contributed by atoms with Crippen LogP contribution in [0.25, 0.3) is 0 Å². The molecule has 1 amide bonds. The van der Waals surface area contributed by atoms with Gasteiger partial charge >= 0.3 is 0 Å². The van der Waals surface area contributed by atoms with Crippen LogP contribution in [0.15, 0.2) is 62.7 Å². The minimum Gasteiger partial charge on any atom is -0.497 e. The molecule has 0 atom stereocenters. The predicted octanol–water partition coefficient (Wildman–Crippen LogP) is 5.07. The number of thiazole rings is 1. The zero-order chi connectivity index (χ0) is 19.9. The molecule has 28 heavy (non-hydrogen) atoms. The van der Waals surface area contributed by atoms with Crippen LogP contribution < -0.4 is 10.1 Å². The number of hydrogen-bond donors (Lipinski definition) is 1. The number of thioether (sulfide) groups is 1. The smallest absolute Gasteiger partial charge is 0.230 e. The lowest BCUT2D eigenvalue weighted by Gasteiger charge is -2.04. The number of ether oxygens (including phenoxy) is 1. The van der Waals surface area contributed by atoms with Gasteiger partial charge in [0.2, 0.25) is 5.91 Å². The molecule has 0 spiro atoms. The molecule has 0 bridgehead atoms. The Morgan fingerprint density at radius 2 is 2.00 bits per heavy atom. The van der Waals surface area contributed by atoms with E-state index in [1.807, 2.05) is 29.6 Å². The molecule has 0 saturated heterocycles. The number of rotatable bonds is 8. The summed E-state index contributed by atoms with van der Waals surface area (Å²) in [5.41, 5.74) is 2.06. The van der Waals surface area contributed by atoms with Crippen molar-refractivity contribution in [2.45, 2.75) is 10.8 Å². The van der Waals surface area contributed by atoms with Crippen LogP contribution in [0.4, 0.5) is 5.69 Å². The molecule has 144 valence electrons. The fourth-order valence-electron chi connectivity index (χ4n) is 2.36. The van der Waals surface area contributed by atoms with E-state index < -0.39 is 0 Å². The largest absolute Gasteiger partial charge is 0.497 e. The number of methoxy groups -OCH3 is 1. The fourth-order valence-corrected chi connectivity index (χ4v) is 4.50. The maximum absolute atomic E-state index is 12.3. The topological polar surface area (TPSA) is 68.3 Å². The monoisotopic (exact) mass is 476 g/mol. The summed E-state index contributed by atoms with van der Waals surface area (Å²) >= 11 is 6.19. The second-order valence-corrected chi connectivity index (χ2v) is 8.78. The number of Topliss-reactive ketones (excluding diaryl/α,β-unsaturated/α-hetero) is 1. The summed E-state index contributed by atoms with van der Waals surface area (Å²) in [5.74, 6) is 0.907. The molecule has 0 aliphatic heterocycles. The number of halogens is 1. The van der Waals surface area contributed by atoms with E-state index in [4.69, 9.17) is 4.74 Å². The lowest BCUT2D eigenvalue weighted by molar-refractivity contribution is -0.115. The zero-order valence-electron chi connectivity index (χ0n) is 15.0. The highest BCUT2D eigenvalue weighted by Gasteiger charge is 2.11. The van der Waals surface area contributed by atoms with Gasteiger partial charge in [-0.15, -0.1) is 11.3 Å². The number of anilines is 1. The quantitative estimate of drug-likeness (QED) is 0.363. The van der Waals surface area contributed by atoms with E-state index in [0.717, 1.165) is 20.2 Å². The molecule has 1 N–H and O–H groups in total. The number of aromatic nitrogens is 1. The van der Waals surface area contributed by atoms with Gasteiger partial charge < -0.3 is 10.1 Å². The highest BCUT2D eigenvalue weighted by Crippen LogP contribution is 2.24. The van der Waals surface area contributed by atoms with Gasteiger partial charge in [0.05, 0.1) is 25.0 Å². The lowest BCUT2D eigenvalue weighted by Crippen LogP contribution is -2.14. The van der Waals surface area contributed by atoms with Crippen molar-refractivity contribution in [3.05, 3.63) is 69.6 Å². The van der Waals surface area contributed by atoms with Gasteiger partial charge in [-0.25, -0.2) is 4.98 Å². The first kappa shape index (κ1) is 20.6. The third-order valence-electron chi connectivity index (χ3n) is 3.72. The number of hydrogen-bond acceptors (Lipinski definition) is 6. The summed E-state index contributed by atoms with van der Waals surface area (Å²) in [5, 5.41) is 4.69. The van der Waals surface area contributed by atoms with Gasteiger partial charge in [0.25, 0.3) is 0 Å². The lowest BCUT2D eigenvalue weighted by atomic mass is 10.1. The van der Waals surface area contributed by atoms with Crippen LogP contribution in [0, 0.1) is 0 Å². The highest BCUT2D eigenvalue weighted by atomic mass is 79.9. The van der Waals surface area contributed by atoms with Crippen molar-refractivity contribution in [3.8, 4) is 5.75 Å². The minimum absolute atomic E-state index is 0.0248. The van der Waals surface area contributed by atoms with Crippen LogP contribution in [0.1, 0.15) is 16.1 Å². The first-order valence-corrected chi connectivity index (χ1v) is 11.0. The summed E-state index contributed by atoms with van der Waals surface area (Å²) in [6, 6.07) is 14.5. The van der Waals surface area contributed by atoms with Crippen LogP contribution >= 0.6 is 39.0 Å². The van der Waals surface area contributed by atoms with Crippen molar-refractivity contribution in [2.24, 2.45) is 0 Å². The Labute approximate surface area is 179 Å². The molecular weight excluding hydrogens is 460 g/mol. The third kappa shape index (κ3) is 5.92. The van der Waals surface area contributed by atoms with Gasteiger partial charge in [-0.3, -0.25) is 9.59 Å². The van der Waals surface area contributed by atoms with Crippen LogP contribution in [-0.4, -0.2) is 29.5 Å². The van der Waals surface area contributed by atoms with E-state index in [-0.39, 0.29) is 18.1 Å². The van der Waals surface area contributed by atoms with E-state index in [1.54, 1.807) is 31.4 Å². The molecule has 0 fully saturated rings. The first-order valence-electron chi connectivity index (χ1n) is 8.33. The average Bonchev–Trinajstić information content (AvgIpc) is 3.13. The summed E-state index contributed by atoms with van der Waals surface area (Å²) < 4.78 is 6.77. The number of carbonyl (C=O) groups is 2. The van der Waals surface area contributed by atoms with Gasteiger partial charge in [-0.05, 0) is 42.5 Å². The van der Waals surface area contributed by atoms with Crippen molar-refractivity contribution in [1.82, 2.24) is 4.98 Å². The highest BCUT2D eigenvalue weighted by molar-refractivity contribution is 9.10. The molecule has 5 nitrogen and oxygen atoms in total. The standard InChI is InChI=1S/C20H17BrN2O3S2/c1-26-17-7-5-13(6-8-17)18(24)12-28-20-23-16(11-27-20)10-19(25)22-15-4-2-3-14(21)9-15/h2-9,11H,10,12H2,1H3,(H,22,25). The molecule has 0 radical (unpaired) electrons. The number of carbonyl (C=O) groups excluding carboxylic acids is 2. The average molecular weight is 477 g/mol. The third-order valence-corrected chi connectivity index (χ3v) is 6.28. The van der Waals surface area contributed by atoms with Crippen LogP contribution in [-0.2, 0) is 11.2 Å². The first-order chi connectivity index (χ1) is 13.5. The van der Waals surface area contributed by atoms with E-state index in [1.165, 1.54) is 23.1 Å². The summed E-state index contributed by atoms with van der Waals surface area (Å²) in [4.78, 5) is 28.9. The molecule has 0 aliphatic carbocycles. The second kappa shape index (κ2) is 9.86. The summed E-state index contributed by atoms with van der Waals surface area (Å²) in [6.45, 7) is 0. The Morgan fingerprint density at radius 1 is 1.21 bits per heavy atom. The van der Waals surface area contributed by atoms with Crippen LogP contribution in [0.2, 0.25) is 0 Å². The van der Waals surface area contributed by atoms with Gasteiger partial charge in [0, 0.05) is 21.1 Å². The molecule has 3 rings (SSSR count). The molecule has 1 aromatic heterocycles. The molecule has 0 aliphatic rings. The molecule has 3 aromatic rings. The second-order valence-electron chi connectivity index (χ2n) is 5.78. The Bertz CT molecular complexity index is 974. The van der Waals surface area contributed by atoms with Crippen molar-refractivity contribution in [3.63, 3.8) is 0 Å². The minimum atomic E-state index is -0.130. The normalized spacial score (nSPS) is 10.5. The predicted molar refractivity (Wildman–Crippen MR) is 117 cm³/mol. The van der Waals surface area contributed by atoms with Gasteiger partial charge in [0.1, 0.15) is 5.75 Å². The van der Waals surface area contributed by atoms with Crippen molar-refractivity contribution in [2.75, 3.05) is 18.2 Å². The number of nitrogens with one attached hydrogen (secondary N) is 1. The van der Waals surface area contributed by atoms with Crippen LogP contribution in [0.3, 0.4) is 0 Å². The summed E-state index contributed by atoms with van der Waals surface area (Å²) in [7, 11) is 1.59. The van der Waals surface area contributed by atoms with E-state index in [9.17, 15) is 9.59 Å². The van der Waals surface area contributed by atoms with Crippen molar-refractivity contribution in [1.29, 1.82) is 0 Å². The fraction of sp³-hybridized carbons (Fsp3) is 0.150. The Balaban J connectivity index is 1.50. The molecule has 2 aromatic carbocycles. The molecular formula is C20H17BrN2O3S2. The number of nitrogens with zero attached hydrogens (tertiary/aromatic N) is 1. The van der Waals surface area contributed by atoms with Crippen LogP contribution in [0.5, 0.6) is 5.75 Å². The van der Waals surface area contributed by atoms with E-state index >= 15 is 0 Å². The molecule has 0 saturated carbocycles. The Morgan fingerprint density at radius 3 is 2.71 bits per heavy atom. The van der Waals surface area contributed by atoms with Crippen molar-refractivity contribution >= 4 is 56.4 Å². The molecule has 8 heteroatoms. The SMILES string of the molecule is COc1ccc(C(=O)CSc2nc(CC(=O)Nc3cccc(Br)c3)cs2)cc1. The Kier molecular flexibility index (Phi) is 7.24. The maximum atomic E-state index is 12.3. The Hall–Kier alpha value is -2.16. The van der Waals surface area contributed by atoms with E-state index in [2.05, 4.69) is 26.2 Å². The summed E-state index contributed by atoms with van der Waals surface area (Å²) in [6.07, 6.45) is 0.190. The zero-order valence-corrected chi connectivity index (χ0v) is 18.2. The molecule has 1 heterocycles. The number of amides is 1. The van der Waals surface area contributed by atoms with Gasteiger partial charge in [-0.1, -0.05) is 33.8 Å². The number of ketones is 1. The van der Waals surface area contributed by atoms with Gasteiger partial charge in [-0.2, -0.15) is 0 Å². The maximum Gasteiger partial charge on any atom is 0.230 e. The van der Waals surface area contributed by atoms with Crippen molar-refractivity contribution < 1.29 is 14.3 Å². The van der Waals surface area contributed by atoms with E-state index in [0.29, 0.717) is 17.0 Å². The van der Waals surface area contributed by atoms with Gasteiger partial charge in [0.15, 0.2) is 10.1 Å². The number of benzene rings is 2. The molecule has 0 unspecified atom stereocenters.